The van der Waals surface area contributed by atoms with Gasteiger partial charge in [-0.2, -0.15) is 0 Å². The van der Waals surface area contributed by atoms with Crippen LogP contribution in [0.25, 0.3) is 11.0 Å². The van der Waals surface area contributed by atoms with Gasteiger partial charge in [0.05, 0.1) is 33.2 Å². The van der Waals surface area contributed by atoms with Gasteiger partial charge in [-0.1, -0.05) is 6.92 Å². The molecule has 0 bridgehead atoms. The maximum absolute atomic E-state index is 14.1. The van der Waals surface area contributed by atoms with Crippen molar-refractivity contribution in [2.45, 2.75) is 33.7 Å². The summed E-state index contributed by atoms with van der Waals surface area (Å²) in [4.78, 5) is 30.8. The number of fused-ring (bicyclic) bond motifs is 1. The van der Waals surface area contributed by atoms with Gasteiger partial charge < -0.3 is 4.90 Å². The molecule has 6 nitrogen and oxygen atoms in total. The van der Waals surface area contributed by atoms with E-state index in [-0.39, 0.29) is 11.5 Å². The van der Waals surface area contributed by atoms with E-state index < -0.39 is 5.82 Å². The van der Waals surface area contributed by atoms with E-state index in [2.05, 4.69) is 32.2 Å². The first-order valence-electron chi connectivity index (χ1n) is 9.84. The zero-order valence-electron chi connectivity index (χ0n) is 16.9. The number of hydrogen-bond donors (Lipinski definition) is 0. The summed E-state index contributed by atoms with van der Waals surface area (Å²) in [7, 11) is 0. The first-order chi connectivity index (χ1) is 13.9. The van der Waals surface area contributed by atoms with Gasteiger partial charge in [0, 0.05) is 44.2 Å². The van der Waals surface area contributed by atoms with E-state index in [4.69, 9.17) is 0 Å². The van der Waals surface area contributed by atoms with Gasteiger partial charge in [-0.3, -0.25) is 9.69 Å². The average Bonchev–Trinajstić information content (AvgIpc) is 3.16. The highest BCUT2D eigenvalue weighted by atomic mass is 32.1. The number of carbonyl (C=O) groups is 1. The third kappa shape index (κ3) is 4.13. The van der Waals surface area contributed by atoms with Crippen LogP contribution in [0.1, 0.15) is 39.4 Å². The number of piperazine rings is 1. The molecule has 0 atom stereocenters. The SMILES string of the molecule is CCc1nc(CN2CCN(C(=O)c3cc(F)cc4nc(C)c(C)nc34)CC2)cs1. The molecule has 0 spiro atoms. The number of halogens is 1. The van der Waals surface area contributed by atoms with Crippen LogP contribution in [0.15, 0.2) is 17.5 Å². The number of benzene rings is 1. The van der Waals surface area contributed by atoms with Crippen molar-refractivity contribution in [2.24, 2.45) is 0 Å². The van der Waals surface area contributed by atoms with Gasteiger partial charge in [0.2, 0.25) is 0 Å². The maximum atomic E-state index is 14.1. The minimum absolute atomic E-state index is 0.186. The van der Waals surface area contributed by atoms with Crippen molar-refractivity contribution in [1.82, 2.24) is 24.8 Å². The number of aryl methyl sites for hydroxylation is 3. The molecule has 3 heterocycles. The summed E-state index contributed by atoms with van der Waals surface area (Å²) in [6.45, 7) is 9.31. The molecule has 1 fully saturated rings. The molecule has 0 unspecified atom stereocenters. The molecule has 2 aromatic heterocycles. The highest BCUT2D eigenvalue weighted by Gasteiger charge is 2.25. The lowest BCUT2D eigenvalue weighted by Gasteiger charge is -2.34. The Hall–Kier alpha value is -2.45. The Kier molecular flexibility index (Phi) is 5.56. The number of aromatic nitrogens is 3. The molecule has 3 aromatic rings. The van der Waals surface area contributed by atoms with E-state index >= 15 is 0 Å². The summed E-state index contributed by atoms with van der Waals surface area (Å²) >= 11 is 1.69. The summed E-state index contributed by atoms with van der Waals surface area (Å²) in [5, 5.41) is 3.26. The second-order valence-electron chi connectivity index (χ2n) is 7.37. The quantitative estimate of drug-likeness (QED) is 0.656. The second-order valence-corrected chi connectivity index (χ2v) is 8.31. The number of amides is 1. The molecular formula is C21H24FN5OS. The first kappa shape index (κ1) is 19.8. The van der Waals surface area contributed by atoms with Crippen molar-refractivity contribution in [3.05, 3.63) is 51.0 Å². The standard InChI is InChI=1S/C21H24FN5OS/c1-4-19-25-16(12-29-19)11-26-5-7-27(8-6-26)21(28)17-9-15(22)10-18-20(17)24-14(3)13(2)23-18/h9-10,12H,4-8,11H2,1-3H3. The lowest BCUT2D eigenvalue weighted by Crippen LogP contribution is -2.48. The molecule has 0 N–H and O–H groups in total. The van der Waals surface area contributed by atoms with Crippen LogP contribution in [0.4, 0.5) is 4.39 Å². The minimum Gasteiger partial charge on any atom is -0.336 e. The summed E-state index contributed by atoms with van der Waals surface area (Å²) < 4.78 is 14.1. The molecule has 29 heavy (non-hydrogen) atoms. The number of hydrogen-bond acceptors (Lipinski definition) is 6. The zero-order chi connectivity index (χ0) is 20.5. The third-order valence-electron chi connectivity index (χ3n) is 5.32. The normalized spacial score (nSPS) is 15.2. The lowest BCUT2D eigenvalue weighted by molar-refractivity contribution is 0.0628. The molecule has 1 amide bonds. The number of rotatable bonds is 4. The number of nitrogens with zero attached hydrogens (tertiary/aromatic N) is 5. The van der Waals surface area contributed by atoms with Gasteiger partial charge >= 0.3 is 0 Å². The molecule has 8 heteroatoms. The van der Waals surface area contributed by atoms with Crippen LogP contribution in [-0.4, -0.2) is 56.8 Å². The third-order valence-corrected chi connectivity index (χ3v) is 6.37. The smallest absolute Gasteiger partial charge is 0.256 e. The van der Waals surface area contributed by atoms with Crippen molar-refractivity contribution in [3.63, 3.8) is 0 Å². The maximum Gasteiger partial charge on any atom is 0.256 e. The molecule has 1 saturated heterocycles. The summed E-state index contributed by atoms with van der Waals surface area (Å²) in [6, 6.07) is 2.62. The zero-order valence-corrected chi connectivity index (χ0v) is 17.7. The Balaban J connectivity index is 1.49. The van der Waals surface area contributed by atoms with Crippen LogP contribution in [0.5, 0.6) is 0 Å². The van der Waals surface area contributed by atoms with Crippen LogP contribution in [0.3, 0.4) is 0 Å². The molecule has 0 saturated carbocycles. The van der Waals surface area contributed by atoms with Gasteiger partial charge in [-0.05, 0) is 26.3 Å². The Morgan fingerprint density at radius 3 is 2.52 bits per heavy atom. The van der Waals surface area contributed by atoms with E-state index in [1.54, 1.807) is 16.2 Å². The molecule has 1 aliphatic rings. The fourth-order valence-electron chi connectivity index (χ4n) is 3.55. The number of thiazole rings is 1. The van der Waals surface area contributed by atoms with E-state index in [1.165, 1.54) is 12.1 Å². The topological polar surface area (TPSA) is 62.2 Å². The van der Waals surface area contributed by atoms with Gasteiger partial charge in [0.25, 0.3) is 5.91 Å². The minimum atomic E-state index is -0.465. The molecule has 4 rings (SSSR count). The van der Waals surface area contributed by atoms with Crippen molar-refractivity contribution in [2.75, 3.05) is 26.2 Å². The predicted molar refractivity (Wildman–Crippen MR) is 112 cm³/mol. The van der Waals surface area contributed by atoms with Gasteiger partial charge in [-0.25, -0.2) is 19.3 Å². The van der Waals surface area contributed by atoms with Crippen LogP contribution in [-0.2, 0) is 13.0 Å². The van der Waals surface area contributed by atoms with Gasteiger partial charge in [0.15, 0.2) is 0 Å². The molecule has 1 aromatic carbocycles. The van der Waals surface area contributed by atoms with E-state index in [0.29, 0.717) is 24.1 Å². The van der Waals surface area contributed by atoms with Gasteiger partial charge in [0.1, 0.15) is 11.3 Å². The van der Waals surface area contributed by atoms with E-state index in [9.17, 15) is 9.18 Å². The number of carbonyl (C=O) groups excluding carboxylic acids is 1. The first-order valence-corrected chi connectivity index (χ1v) is 10.7. The second kappa shape index (κ2) is 8.12. The Morgan fingerprint density at radius 1 is 1.10 bits per heavy atom. The highest BCUT2D eigenvalue weighted by Crippen LogP contribution is 2.22. The fraction of sp³-hybridized carbons (Fsp3) is 0.429. The molecule has 1 aliphatic heterocycles. The predicted octanol–water partition coefficient (Wildman–Crippen LogP) is 3.36. The highest BCUT2D eigenvalue weighted by molar-refractivity contribution is 7.09. The van der Waals surface area contributed by atoms with Crippen molar-refractivity contribution in [3.8, 4) is 0 Å². The van der Waals surface area contributed by atoms with E-state index in [0.717, 1.165) is 48.1 Å². The Morgan fingerprint density at radius 2 is 1.83 bits per heavy atom. The molecule has 0 aliphatic carbocycles. The largest absolute Gasteiger partial charge is 0.336 e. The summed E-state index contributed by atoms with van der Waals surface area (Å²) in [6.07, 6.45) is 0.955. The van der Waals surface area contributed by atoms with Gasteiger partial charge in [-0.15, -0.1) is 11.3 Å². The van der Waals surface area contributed by atoms with Crippen molar-refractivity contribution >= 4 is 28.3 Å². The van der Waals surface area contributed by atoms with Crippen LogP contribution < -0.4 is 0 Å². The van der Waals surface area contributed by atoms with E-state index in [1.807, 2.05) is 13.8 Å². The molecule has 0 radical (unpaired) electrons. The molecule has 152 valence electrons. The van der Waals surface area contributed by atoms with Crippen LogP contribution in [0.2, 0.25) is 0 Å². The van der Waals surface area contributed by atoms with Crippen molar-refractivity contribution < 1.29 is 9.18 Å². The van der Waals surface area contributed by atoms with Crippen LogP contribution >= 0.6 is 11.3 Å². The Bertz CT molecular complexity index is 1060. The summed E-state index contributed by atoms with van der Waals surface area (Å²) in [5.74, 6) is -0.652. The summed E-state index contributed by atoms with van der Waals surface area (Å²) in [5.41, 5.74) is 3.75. The monoisotopic (exact) mass is 413 g/mol. The fourth-order valence-corrected chi connectivity index (χ4v) is 4.29. The molecular weight excluding hydrogens is 389 g/mol. The Labute approximate surface area is 173 Å². The van der Waals surface area contributed by atoms with Crippen LogP contribution in [0, 0.1) is 19.7 Å². The van der Waals surface area contributed by atoms with Crippen molar-refractivity contribution in [1.29, 1.82) is 0 Å². The lowest BCUT2D eigenvalue weighted by atomic mass is 10.1. The average molecular weight is 414 g/mol.